The molecule has 2 N–H and O–H groups in total. The molecule has 7 nitrogen and oxygen atoms in total. The summed E-state index contributed by atoms with van der Waals surface area (Å²) in [7, 11) is 1.45. The maximum atomic E-state index is 12.1. The van der Waals surface area contributed by atoms with Crippen molar-refractivity contribution in [3.63, 3.8) is 0 Å². The molecule has 7 heteroatoms. The van der Waals surface area contributed by atoms with E-state index in [0.29, 0.717) is 22.8 Å². The number of fused-ring (bicyclic) bond motifs is 1. The number of aromatic hydroxyl groups is 1. The van der Waals surface area contributed by atoms with Crippen molar-refractivity contribution in [3.05, 3.63) is 48.0 Å². The van der Waals surface area contributed by atoms with Crippen LogP contribution in [0.1, 0.15) is 5.56 Å². The Hall–Kier alpha value is -3.22. The molecule has 24 heavy (non-hydrogen) atoms. The van der Waals surface area contributed by atoms with E-state index in [9.17, 15) is 9.90 Å². The van der Waals surface area contributed by atoms with E-state index in [1.807, 2.05) is 6.07 Å². The van der Waals surface area contributed by atoms with Crippen LogP contribution in [0.3, 0.4) is 0 Å². The topological polar surface area (TPSA) is 89.4 Å². The minimum atomic E-state index is -0.795. The molecular weight excluding hydrogens is 312 g/mol. The molecule has 1 amide bonds. The monoisotopic (exact) mass is 328 g/mol. The van der Waals surface area contributed by atoms with E-state index in [1.54, 1.807) is 36.4 Å². The van der Waals surface area contributed by atoms with E-state index >= 15 is 0 Å². The van der Waals surface area contributed by atoms with Gasteiger partial charge in [-0.3, -0.25) is 4.79 Å². The van der Waals surface area contributed by atoms with Gasteiger partial charge in [0, 0.05) is 5.56 Å². The number of carbonyl (C=O) groups excluding carboxylic acids is 1. The highest BCUT2D eigenvalue weighted by atomic mass is 16.6. The van der Waals surface area contributed by atoms with Crippen LogP contribution in [0.2, 0.25) is 0 Å². The lowest BCUT2D eigenvalue weighted by molar-refractivity contribution is -0.130. The molecular formula is C17H16N2O5. The van der Waals surface area contributed by atoms with Crippen molar-refractivity contribution in [3.8, 4) is 23.0 Å². The van der Waals surface area contributed by atoms with Gasteiger partial charge >= 0.3 is 0 Å². The highest BCUT2D eigenvalue weighted by molar-refractivity contribution is 5.87. The molecule has 0 unspecified atom stereocenters. The number of nitrogens with one attached hydrogen (secondary N) is 1. The van der Waals surface area contributed by atoms with Crippen molar-refractivity contribution < 1.29 is 24.1 Å². The van der Waals surface area contributed by atoms with Gasteiger partial charge in [-0.2, -0.15) is 5.10 Å². The van der Waals surface area contributed by atoms with Crippen LogP contribution < -0.4 is 19.6 Å². The predicted octanol–water partition coefficient (Wildman–Crippen LogP) is 1.69. The smallest absolute Gasteiger partial charge is 0.284 e. The summed E-state index contributed by atoms with van der Waals surface area (Å²) in [5.41, 5.74) is 2.79. The normalized spacial score (nSPS) is 16.0. The van der Waals surface area contributed by atoms with Gasteiger partial charge in [0.25, 0.3) is 5.91 Å². The number of nitrogens with zero attached hydrogens (tertiary/aromatic N) is 1. The number of hydrogen-bond acceptors (Lipinski definition) is 6. The molecule has 0 saturated carbocycles. The summed E-state index contributed by atoms with van der Waals surface area (Å²) in [6, 6.07) is 12.1. The Kier molecular flexibility index (Phi) is 4.51. The molecule has 0 saturated heterocycles. The maximum Gasteiger partial charge on any atom is 0.284 e. The van der Waals surface area contributed by atoms with Gasteiger partial charge in [0.15, 0.2) is 23.0 Å². The molecule has 0 aromatic heterocycles. The number of phenolic OH excluding ortho intramolecular Hbond substituents is 1. The minimum absolute atomic E-state index is 0.0517. The van der Waals surface area contributed by atoms with Crippen LogP contribution in [0.5, 0.6) is 23.0 Å². The first-order valence-electron chi connectivity index (χ1n) is 7.26. The third kappa shape index (κ3) is 3.24. The van der Waals surface area contributed by atoms with Crippen LogP contribution in [0.25, 0.3) is 0 Å². The molecule has 0 fully saturated rings. The molecule has 0 aliphatic carbocycles. The lowest BCUT2D eigenvalue weighted by atomic mass is 10.2. The quantitative estimate of drug-likeness (QED) is 0.658. The molecule has 2 aromatic carbocycles. The van der Waals surface area contributed by atoms with Gasteiger partial charge in [-0.1, -0.05) is 18.2 Å². The van der Waals surface area contributed by atoms with E-state index in [0.717, 1.165) is 0 Å². The van der Waals surface area contributed by atoms with Gasteiger partial charge in [0.1, 0.15) is 6.61 Å². The Morgan fingerprint density at radius 3 is 2.88 bits per heavy atom. The zero-order valence-corrected chi connectivity index (χ0v) is 12.9. The van der Waals surface area contributed by atoms with Crippen LogP contribution in [0.4, 0.5) is 0 Å². The number of rotatable bonds is 4. The number of hydrazone groups is 1. The van der Waals surface area contributed by atoms with Gasteiger partial charge in [0.05, 0.1) is 13.3 Å². The highest BCUT2D eigenvalue weighted by Crippen LogP contribution is 2.31. The molecule has 124 valence electrons. The van der Waals surface area contributed by atoms with Gasteiger partial charge in [-0.15, -0.1) is 0 Å². The Labute approximate surface area is 138 Å². The second-order valence-corrected chi connectivity index (χ2v) is 5.00. The second-order valence-electron chi connectivity index (χ2n) is 5.00. The number of amides is 1. The number of phenols is 1. The fourth-order valence-electron chi connectivity index (χ4n) is 2.19. The highest BCUT2D eigenvalue weighted by Gasteiger charge is 2.26. The molecule has 0 spiro atoms. The minimum Gasteiger partial charge on any atom is -0.504 e. The van der Waals surface area contributed by atoms with E-state index < -0.39 is 12.0 Å². The molecule has 2 aromatic rings. The SMILES string of the molecule is COc1cccc(C=NNC(=O)[C@@H]2COc3ccccc3O2)c1O. The first kappa shape index (κ1) is 15.7. The van der Waals surface area contributed by atoms with Gasteiger partial charge in [0.2, 0.25) is 6.10 Å². The number of ether oxygens (including phenoxy) is 3. The first-order valence-corrected chi connectivity index (χ1v) is 7.26. The number of methoxy groups -OCH3 is 1. The van der Waals surface area contributed by atoms with Crippen molar-refractivity contribution in [1.29, 1.82) is 0 Å². The molecule has 1 atom stereocenters. The zero-order valence-electron chi connectivity index (χ0n) is 12.9. The van der Waals surface area contributed by atoms with Crippen molar-refractivity contribution in [2.45, 2.75) is 6.10 Å². The van der Waals surface area contributed by atoms with Crippen LogP contribution in [-0.4, -0.2) is 37.0 Å². The van der Waals surface area contributed by atoms with E-state index in [4.69, 9.17) is 14.2 Å². The summed E-state index contributed by atoms with van der Waals surface area (Å²) in [5.74, 6) is 0.947. The largest absolute Gasteiger partial charge is 0.504 e. The molecule has 1 aliphatic heterocycles. The van der Waals surface area contributed by atoms with Crippen molar-refractivity contribution in [2.24, 2.45) is 5.10 Å². The summed E-state index contributed by atoms with van der Waals surface area (Å²) < 4.78 is 16.1. The summed E-state index contributed by atoms with van der Waals surface area (Å²) in [6.07, 6.45) is 0.531. The third-order valence-corrected chi connectivity index (χ3v) is 3.43. The number of para-hydroxylation sites is 3. The van der Waals surface area contributed by atoms with Crippen LogP contribution in [0, 0.1) is 0 Å². The molecule has 1 heterocycles. The molecule has 0 bridgehead atoms. The lowest BCUT2D eigenvalue weighted by Gasteiger charge is -2.24. The fraction of sp³-hybridized carbons (Fsp3) is 0.176. The number of carbonyl (C=O) groups is 1. The average molecular weight is 328 g/mol. The lowest BCUT2D eigenvalue weighted by Crippen LogP contribution is -2.42. The van der Waals surface area contributed by atoms with Gasteiger partial charge < -0.3 is 19.3 Å². The van der Waals surface area contributed by atoms with Crippen LogP contribution in [0.15, 0.2) is 47.6 Å². The van der Waals surface area contributed by atoms with Crippen LogP contribution >= 0.6 is 0 Å². The van der Waals surface area contributed by atoms with Gasteiger partial charge in [-0.05, 0) is 24.3 Å². The maximum absolute atomic E-state index is 12.1. The molecule has 3 rings (SSSR count). The molecule has 1 aliphatic rings. The van der Waals surface area contributed by atoms with Crippen molar-refractivity contribution in [1.82, 2.24) is 5.43 Å². The Morgan fingerprint density at radius 1 is 1.29 bits per heavy atom. The summed E-state index contributed by atoms with van der Waals surface area (Å²) in [6.45, 7) is 0.1000. The van der Waals surface area contributed by atoms with Crippen molar-refractivity contribution >= 4 is 12.1 Å². The number of hydrogen-bond donors (Lipinski definition) is 2. The number of benzene rings is 2. The Morgan fingerprint density at radius 2 is 2.08 bits per heavy atom. The second kappa shape index (κ2) is 6.91. The van der Waals surface area contributed by atoms with Crippen LogP contribution in [-0.2, 0) is 4.79 Å². The first-order chi connectivity index (χ1) is 11.7. The van der Waals surface area contributed by atoms with E-state index in [1.165, 1.54) is 13.3 Å². The Bertz CT molecular complexity index is 775. The standard InChI is InChI=1S/C17H16N2O5/c1-22-14-8-4-5-11(16(14)20)9-18-19-17(21)15-10-23-12-6-2-3-7-13(12)24-15/h2-9,15,20H,10H2,1H3,(H,19,21)/t15-/m0/s1. The summed E-state index contributed by atoms with van der Waals surface area (Å²) in [4.78, 5) is 12.1. The van der Waals surface area contributed by atoms with Crippen molar-refractivity contribution in [2.75, 3.05) is 13.7 Å². The summed E-state index contributed by atoms with van der Waals surface area (Å²) in [5, 5.41) is 13.8. The third-order valence-electron chi connectivity index (χ3n) is 3.43. The Balaban J connectivity index is 1.62. The average Bonchev–Trinajstić information content (AvgIpc) is 2.62. The van der Waals surface area contributed by atoms with E-state index in [2.05, 4.69) is 10.5 Å². The zero-order chi connectivity index (χ0) is 16.9. The molecule has 0 radical (unpaired) electrons. The van der Waals surface area contributed by atoms with Gasteiger partial charge in [-0.25, -0.2) is 5.43 Å². The summed E-state index contributed by atoms with van der Waals surface area (Å²) >= 11 is 0. The predicted molar refractivity (Wildman–Crippen MR) is 86.7 cm³/mol. The van der Waals surface area contributed by atoms with E-state index in [-0.39, 0.29) is 12.4 Å². The fourth-order valence-corrected chi connectivity index (χ4v) is 2.19.